The fraction of sp³-hybridized carbons (Fsp3) is 0.130. The molecule has 34 heavy (non-hydrogen) atoms. The first-order chi connectivity index (χ1) is 16.0. The summed E-state index contributed by atoms with van der Waals surface area (Å²) in [6.45, 7) is 0. The number of carbonyl (C=O) groups excluding carboxylic acids is 2. The van der Waals surface area contributed by atoms with Crippen LogP contribution in [-0.4, -0.2) is 16.1 Å². The van der Waals surface area contributed by atoms with Crippen LogP contribution in [0, 0.1) is 23.4 Å². The number of hydrogen-bond donors (Lipinski definition) is 2. The number of rotatable bonds is 5. The van der Waals surface area contributed by atoms with E-state index in [4.69, 9.17) is 46.4 Å². The third-order valence-electron chi connectivity index (χ3n) is 5.30. The van der Waals surface area contributed by atoms with E-state index in [1.165, 1.54) is 6.07 Å². The third kappa shape index (κ3) is 4.84. The number of amides is 2. The molecule has 2 atom stereocenters. The first-order valence-electron chi connectivity index (χ1n) is 9.68. The van der Waals surface area contributed by atoms with Gasteiger partial charge in [-0.3, -0.25) is 9.59 Å². The van der Waals surface area contributed by atoms with Gasteiger partial charge in [-0.2, -0.15) is 0 Å². The van der Waals surface area contributed by atoms with Crippen LogP contribution in [0.15, 0.2) is 54.6 Å². The summed E-state index contributed by atoms with van der Waals surface area (Å²) in [6.07, 6.45) is 0. The molecule has 2 N–H and O–H groups in total. The summed E-state index contributed by atoms with van der Waals surface area (Å²) >= 11 is 24.6. The molecule has 3 aromatic carbocycles. The SMILES string of the molecule is O=C(Nc1ccc(F)cc1F)c1cc(NC(=O)C2C(c3ccc(Cl)c(Cl)c3)C2(Cl)Cl)ccc1F. The molecule has 1 aliphatic rings. The summed E-state index contributed by atoms with van der Waals surface area (Å²) in [6, 6.07) is 10.6. The molecule has 0 radical (unpaired) electrons. The van der Waals surface area contributed by atoms with Crippen LogP contribution in [-0.2, 0) is 4.79 Å². The van der Waals surface area contributed by atoms with Crippen molar-refractivity contribution in [2.45, 2.75) is 10.3 Å². The Kier molecular flexibility index (Phi) is 6.75. The Hall–Kier alpha value is -2.45. The summed E-state index contributed by atoms with van der Waals surface area (Å²) in [7, 11) is 0. The van der Waals surface area contributed by atoms with Crippen molar-refractivity contribution in [3.63, 3.8) is 0 Å². The zero-order valence-electron chi connectivity index (χ0n) is 16.8. The molecule has 2 amide bonds. The predicted octanol–water partition coefficient (Wildman–Crippen LogP) is 7.19. The molecule has 0 saturated heterocycles. The van der Waals surface area contributed by atoms with Gasteiger partial charge in [0.2, 0.25) is 5.91 Å². The van der Waals surface area contributed by atoms with Gasteiger partial charge in [0.25, 0.3) is 5.91 Å². The average molecular weight is 548 g/mol. The van der Waals surface area contributed by atoms with Gasteiger partial charge in [0, 0.05) is 17.7 Å². The Labute approximate surface area is 211 Å². The lowest BCUT2D eigenvalue weighted by Crippen LogP contribution is -2.19. The molecule has 1 saturated carbocycles. The summed E-state index contributed by atoms with van der Waals surface area (Å²) < 4.78 is 39.7. The van der Waals surface area contributed by atoms with Crippen LogP contribution >= 0.6 is 46.4 Å². The van der Waals surface area contributed by atoms with Crippen molar-refractivity contribution in [2.24, 2.45) is 5.92 Å². The first kappa shape index (κ1) is 24.7. The van der Waals surface area contributed by atoms with Gasteiger partial charge in [0.1, 0.15) is 21.8 Å². The number of carbonyl (C=O) groups is 2. The summed E-state index contributed by atoms with van der Waals surface area (Å²) in [4.78, 5) is 25.3. The van der Waals surface area contributed by atoms with E-state index >= 15 is 0 Å². The van der Waals surface area contributed by atoms with E-state index in [-0.39, 0.29) is 16.4 Å². The zero-order valence-corrected chi connectivity index (χ0v) is 19.8. The fourth-order valence-electron chi connectivity index (χ4n) is 3.55. The lowest BCUT2D eigenvalue weighted by Gasteiger charge is -2.10. The van der Waals surface area contributed by atoms with Crippen molar-refractivity contribution in [2.75, 3.05) is 10.6 Å². The molecule has 11 heteroatoms. The summed E-state index contributed by atoms with van der Waals surface area (Å²) in [5.41, 5.74) is -0.113. The number of hydrogen-bond acceptors (Lipinski definition) is 2. The monoisotopic (exact) mass is 546 g/mol. The Morgan fingerprint density at radius 2 is 1.56 bits per heavy atom. The average Bonchev–Trinajstić information content (AvgIpc) is 3.35. The van der Waals surface area contributed by atoms with Gasteiger partial charge >= 0.3 is 0 Å². The fourth-order valence-corrected chi connectivity index (χ4v) is 4.69. The molecule has 0 spiro atoms. The summed E-state index contributed by atoms with van der Waals surface area (Å²) in [5, 5.41) is 5.33. The molecule has 1 fully saturated rings. The van der Waals surface area contributed by atoms with Crippen LogP contribution in [0.5, 0.6) is 0 Å². The van der Waals surface area contributed by atoms with Crippen molar-refractivity contribution < 1.29 is 22.8 Å². The van der Waals surface area contributed by atoms with Gasteiger partial charge in [0.15, 0.2) is 0 Å². The number of benzene rings is 3. The Morgan fingerprint density at radius 3 is 2.24 bits per heavy atom. The van der Waals surface area contributed by atoms with Gasteiger partial charge in [-0.1, -0.05) is 29.3 Å². The molecule has 0 aromatic heterocycles. The standard InChI is InChI=1S/C23H13Cl4F3N2O2/c24-14-4-1-10(7-15(14)25)19-20(23(19,26)27)22(34)31-12-3-5-16(29)13(9-12)21(33)32-18-6-2-11(28)8-17(18)30/h1-9,19-20H,(H,31,34)(H,32,33). The molecule has 176 valence electrons. The highest BCUT2D eigenvalue weighted by molar-refractivity contribution is 6.53. The van der Waals surface area contributed by atoms with E-state index in [0.717, 1.165) is 24.3 Å². The van der Waals surface area contributed by atoms with Crippen LogP contribution in [0.3, 0.4) is 0 Å². The molecule has 1 aliphatic carbocycles. The van der Waals surface area contributed by atoms with Crippen LogP contribution in [0.4, 0.5) is 24.5 Å². The topological polar surface area (TPSA) is 58.2 Å². The lowest BCUT2D eigenvalue weighted by atomic mass is 10.1. The predicted molar refractivity (Wildman–Crippen MR) is 126 cm³/mol. The van der Waals surface area contributed by atoms with Crippen molar-refractivity contribution in [3.8, 4) is 0 Å². The van der Waals surface area contributed by atoms with Gasteiger partial charge in [-0.25, -0.2) is 13.2 Å². The molecule has 3 aromatic rings. The van der Waals surface area contributed by atoms with Crippen LogP contribution in [0.1, 0.15) is 21.8 Å². The van der Waals surface area contributed by atoms with Gasteiger partial charge in [0.05, 0.1) is 27.2 Å². The first-order valence-corrected chi connectivity index (χ1v) is 11.2. The maximum absolute atomic E-state index is 14.3. The van der Waals surface area contributed by atoms with Crippen LogP contribution in [0.25, 0.3) is 0 Å². The molecule has 0 bridgehead atoms. The number of halogens is 7. The lowest BCUT2D eigenvalue weighted by molar-refractivity contribution is -0.117. The van der Waals surface area contributed by atoms with Gasteiger partial charge < -0.3 is 10.6 Å². The minimum atomic E-state index is -1.42. The largest absolute Gasteiger partial charge is 0.326 e. The minimum Gasteiger partial charge on any atom is -0.326 e. The van der Waals surface area contributed by atoms with Crippen molar-refractivity contribution in [3.05, 3.63) is 93.2 Å². The van der Waals surface area contributed by atoms with Crippen LogP contribution < -0.4 is 10.6 Å². The Bertz CT molecular complexity index is 1320. The van der Waals surface area contributed by atoms with Gasteiger partial charge in [-0.05, 0) is 48.0 Å². The zero-order chi connectivity index (χ0) is 24.8. The Balaban J connectivity index is 1.51. The maximum atomic E-state index is 14.3. The molecule has 0 aliphatic heterocycles. The minimum absolute atomic E-state index is 0.0834. The molecule has 2 unspecified atom stereocenters. The molecular formula is C23H13Cl4F3N2O2. The molecule has 4 nitrogen and oxygen atoms in total. The highest BCUT2D eigenvalue weighted by atomic mass is 35.5. The second-order valence-corrected chi connectivity index (χ2v) is 9.82. The van der Waals surface area contributed by atoms with E-state index in [1.54, 1.807) is 18.2 Å². The Morgan fingerprint density at radius 1 is 0.824 bits per heavy atom. The molecular weight excluding hydrogens is 535 g/mol. The van der Waals surface area contributed by atoms with E-state index < -0.39 is 51.0 Å². The maximum Gasteiger partial charge on any atom is 0.258 e. The number of nitrogens with one attached hydrogen (secondary N) is 2. The van der Waals surface area contributed by atoms with Crippen molar-refractivity contribution >= 4 is 69.6 Å². The van der Waals surface area contributed by atoms with Gasteiger partial charge in [-0.15, -0.1) is 23.2 Å². The normalized spacial score (nSPS) is 18.3. The van der Waals surface area contributed by atoms with E-state index in [2.05, 4.69) is 10.6 Å². The third-order valence-corrected chi connectivity index (χ3v) is 6.98. The quantitative estimate of drug-likeness (QED) is 0.332. The second-order valence-electron chi connectivity index (χ2n) is 7.57. The molecule has 4 rings (SSSR count). The van der Waals surface area contributed by atoms with Crippen molar-refractivity contribution in [1.82, 2.24) is 0 Å². The highest BCUT2D eigenvalue weighted by Gasteiger charge is 2.67. The number of alkyl halides is 2. The van der Waals surface area contributed by atoms with Crippen molar-refractivity contribution in [1.29, 1.82) is 0 Å². The second kappa shape index (κ2) is 9.30. The number of anilines is 2. The highest BCUT2D eigenvalue weighted by Crippen LogP contribution is 2.65. The van der Waals surface area contributed by atoms with E-state index in [0.29, 0.717) is 16.7 Å². The smallest absolute Gasteiger partial charge is 0.258 e. The van der Waals surface area contributed by atoms with E-state index in [1.807, 2.05) is 0 Å². The van der Waals surface area contributed by atoms with E-state index in [9.17, 15) is 22.8 Å². The van der Waals surface area contributed by atoms with Crippen LogP contribution in [0.2, 0.25) is 10.0 Å². The summed E-state index contributed by atoms with van der Waals surface area (Å²) in [5.74, 6) is -5.77. The molecule has 0 heterocycles.